The molecule has 0 bridgehead atoms. The summed E-state index contributed by atoms with van der Waals surface area (Å²) < 4.78 is 1.69. The summed E-state index contributed by atoms with van der Waals surface area (Å²) in [5, 5.41) is 11.8. The van der Waals surface area contributed by atoms with Gasteiger partial charge in [0.25, 0.3) is 5.91 Å². The van der Waals surface area contributed by atoms with Gasteiger partial charge in [0.15, 0.2) is 11.4 Å². The van der Waals surface area contributed by atoms with Gasteiger partial charge in [-0.25, -0.2) is 0 Å². The van der Waals surface area contributed by atoms with Crippen LogP contribution in [-0.4, -0.2) is 16.8 Å². The molecule has 1 N–H and O–H groups in total. The number of benzene rings is 3. The summed E-state index contributed by atoms with van der Waals surface area (Å²) in [5.41, 5.74) is 3.44. The maximum atomic E-state index is 13.7. The number of nitrogens with zero attached hydrogens (tertiary/aromatic N) is 1. The van der Waals surface area contributed by atoms with Crippen LogP contribution in [0.3, 0.4) is 0 Å². The fourth-order valence-electron chi connectivity index (χ4n) is 4.78. The number of Topliss-reactive ketones (excluding diaryl/α,β-unsaturated/α-hetero) is 1. The topological polar surface area (TPSA) is 57.6 Å². The predicted octanol–water partition coefficient (Wildman–Crippen LogP) is 7.13. The van der Waals surface area contributed by atoms with Gasteiger partial charge >= 0.3 is 0 Å². The van der Waals surface area contributed by atoms with Gasteiger partial charge in [0, 0.05) is 20.1 Å². The Balaban J connectivity index is 1.72. The summed E-state index contributed by atoms with van der Waals surface area (Å²) in [7, 11) is 0. The minimum Gasteiger partial charge on any atom is -0.375 e. The Bertz CT molecular complexity index is 1300. The normalized spacial score (nSPS) is 17.6. The minimum absolute atomic E-state index is 0.0462. The third-order valence-corrected chi connectivity index (χ3v) is 7.66. The van der Waals surface area contributed by atoms with Crippen molar-refractivity contribution in [1.82, 2.24) is 0 Å². The highest BCUT2D eigenvalue weighted by atomic mass is 79.9. The van der Waals surface area contributed by atoms with Gasteiger partial charge in [-0.15, -0.1) is 0 Å². The van der Waals surface area contributed by atoms with Gasteiger partial charge < -0.3 is 10.0 Å². The molecule has 1 heterocycles. The number of hydrogen-bond acceptors (Lipinski definition) is 3. The average Bonchev–Trinajstić information content (AvgIpc) is 2.95. The Labute approximate surface area is 223 Å². The fourth-order valence-corrected chi connectivity index (χ4v) is 5.41. The molecule has 1 unspecified atom stereocenters. The minimum atomic E-state index is -1.94. The lowest BCUT2D eigenvalue weighted by Gasteiger charge is -2.25. The highest BCUT2D eigenvalue weighted by Crippen LogP contribution is 2.45. The van der Waals surface area contributed by atoms with E-state index in [9.17, 15) is 14.7 Å². The molecule has 0 radical (unpaired) electrons. The molecule has 1 aliphatic heterocycles. The number of halogens is 2. The number of aliphatic hydroxyl groups is 1. The van der Waals surface area contributed by atoms with Gasteiger partial charge in [0.05, 0.1) is 18.7 Å². The zero-order valence-corrected chi connectivity index (χ0v) is 23.7. The molecule has 182 valence electrons. The summed E-state index contributed by atoms with van der Waals surface area (Å²) in [4.78, 5) is 28.9. The first kappa shape index (κ1) is 25.8. The van der Waals surface area contributed by atoms with Gasteiger partial charge in [0.2, 0.25) is 0 Å². The van der Waals surface area contributed by atoms with Crippen molar-refractivity contribution in [3.8, 4) is 0 Å². The van der Waals surface area contributed by atoms with Crippen LogP contribution in [0.1, 0.15) is 65.4 Å². The van der Waals surface area contributed by atoms with E-state index in [-0.39, 0.29) is 17.6 Å². The van der Waals surface area contributed by atoms with Crippen LogP contribution in [0.2, 0.25) is 0 Å². The van der Waals surface area contributed by atoms with Crippen molar-refractivity contribution in [2.24, 2.45) is 0 Å². The lowest BCUT2D eigenvalue weighted by atomic mass is 9.81. The van der Waals surface area contributed by atoms with E-state index in [4.69, 9.17) is 0 Å². The number of amides is 1. The molecule has 3 aromatic rings. The lowest BCUT2D eigenvalue weighted by molar-refractivity contribution is -0.136. The molecule has 6 heteroatoms. The molecule has 0 aromatic heterocycles. The monoisotopic (exact) mass is 597 g/mol. The Hall–Kier alpha value is -2.28. The van der Waals surface area contributed by atoms with E-state index in [1.807, 2.05) is 62.4 Å². The molecule has 1 aliphatic rings. The van der Waals surface area contributed by atoms with Gasteiger partial charge in [-0.1, -0.05) is 76.9 Å². The molecule has 0 fully saturated rings. The van der Waals surface area contributed by atoms with E-state index < -0.39 is 11.5 Å². The van der Waals surface area contributed by atoms with E-state index in [0.717, 1.165) is 31.2 Å². The summed E-state index contributed by atoms with van der Waals surface area (Å²) >= 11 is 6.90. The molecule has 0 saturated carbocycles. The number of carbonyl (C=O) groups excluding carboxylic acids is 2. The Kier molecular flexibility index (Phi) is 6.86. The second-order valence-electron chi connectivity index (χ2n) is 10.4. The van der Waals surface area contributed by atoms with Crippen molar-refractivity contribution in [2.75, 3.05) is 4.90 Å². The average molecular weight is 599 g/mol. The molecular formula is C29H29Br2NO3. The van der Waals surface area contributed by atoms with Gasteiger partial charge in [-0.05, 0) is 71.8 Å². The van der Waals surface area contributed by atoms with Gasteiger partial charge in [0.1, 0.15) is 0 Å². The van der Waals surface area contributed by atoms with Crippen molar-refractivity contribution >= 4 is 49.2 Å². The highest BCUT2D eigenvalue weighted by Gasteiger charge is 2.51. The maximum Gasteiger partial charge on any atom is 0.264 e. The summed E-state index contributed by atoms with van der Waals surface area (Å²) in [6.07, 6.45) is -0.317. The van der Waals surface area contributed by atoms with Crippen LogP contribution < -0.4 is 4.90 Å². The third-order valence-electron chi connectivity index (χ3n) is 6.64. The molecule has 3 aromatic carbocycles. The van der Waals surface area contributed by atoms with Crippen molar-refractivity contribution in [2.45, 2.75) is 58.6 Å². The van der Waals surface area contributed by atoms with Crippen LogP contribution in [0.5, 0.6) is 0 Å². The Morgan fingerprint density at radius 2 is 1.51 bits per heavy atom. The van der Waals surface area contributed by atoms with Crippen molar-refractivity contribution < 1.29 is 14.7 Å². The van der Waals surface area contributed by atoms with E-state index in [2.05, 4.69) is 52.6 Å². The van der Waals surface area contributed by atoms with E-state index in [0.29, 0.717) is 23.4 Å². The quantitative estimate of drug-likeness (QED) is 0.318. The zero-order valence-electron chi connectivity index (χ0n) is 20.6. The molecular weight excluding hydrogens is 570 g/mol. The second kappa shape index (κ2) is 9.30. The Morgan fingerprint density at radius 1 is 0.943 bits per heavy atom. The second-order valence-corrected chi connectivity index (χ2v) is 12.2. The number of hydrogen-bond donors (Lipinski definition) is 1. The third kappa shape index (κ3) is 4.89. The van der Waals surface area contributed by atoms with E-state index >= 15 is 0 Å². The van der Waals surface area contributed by atoms with Crippen LogP contribution in [0.25, 0.3) is 0 Å². The first-order valence-corrected chi connectivity index (χ1v) is 13.1. The van der Waals surface area contributed by atoms with Crippen molar-refractivity contribution in [3.63, 3.8) is 0 Å². The van der Waals surface area contributed by atoms with E-state index in [1.165, 1.54) is 0 Å². The molecule has 0 spiro atoms. The number of aryl methyl sites for hydroxylation is 2. The van der Waals surface area contributed by atoms with Gasteiger partial charge in [-0.2, -0.15) is 0 Å². The van der Waals surface area contributed by atoms with Crippen LogP contribution in [0.4, 0.5) is 5.69 Å². The van der Waals surface area contributed by atoms with Crippen LogP contribution in [0.15, 0.2) is 63.5 Å². The molecule has 4 rings (SSSR count). The van der Waals surface area contributed by atoms with Crippen molar-refractivity contribution in [3.05, 3.63) is 96.9 Å². The molecule has 35 heavy (non-hydrogen) atoms. The summed E-state index contributed by atoms with van der Waals surface area (Å²) in [6, 6.07) is 17.2. The largest absolute Gasteiger partial charge is 0.375 e. The van der Waals surface area contributed by atoms with E-state index in [1.54, 1.807) is 11.0 Å². The van der Waals surface area contributed by atoms with Crippen LogP contribution in [-0.2, 0) is 22.4 Å². The number of ketones is 1. The van der Waals surface area contributed by atoms with Gasteiger partial charge in [-0.3, -0.25) is 9.59 Å². The summed E-state index contributed by atoms with van der Waals surface area (Å²) in [6.45, 7) is 10.5. The molecule has 0 aliphatic carbocycles. The SMILES string of the molecule is Cc1cc(C(C)(C)C)cc(C)c1C(=O)CC1(O)C(=O)N(Cc2ccc(Br)cc2)c2ccc(Br)cc21. The first-order valence-electron chi connectivity index (χ1n) is 11.5. The smallest absolute Gasteiger partial charge is 0.264 e. The molecule has 0 saturated heterocycles. The zero-order chi connectivity index (χ0) is 25.7. The Morgan fingerprint density at radius 3 is 2.09 bits per heavy atom. The number of fused-ring (bicyclic) bond motifs is 1. The maximum absolute atomic E-state index is 13.7. The van der Waals surface area contributed by atoms with Crippen molar-refractivity contribution in [1.29, 1.82) is 0 Å². The summed E-state index contributed by atoms with van der Waals surface area (Å²) in [5.74, 6) is -0.726. The van der Waals surface area contributed by atoms with Crippen LogP contribution in [0, 0.1) is 13.8 Å². The number of anilines is 1. The number of rotatable bonds is 5. The number of carbonyl (C=O) groups is 2. The predicted molar refractivity (Wildman–Crippen MR) is 147 cm³/mol. The fraction of sp³-hybridized carbons (Fsp3) is 0.310. The lowest BCUT2D eigenvalue weighted by Crippen LogP contribution is -2.41. The first-order chi connectivity index (χ1) is 16.3. The highest BCUT2D eigenvalue weighted by molar-refractivity contribution is 9.10. The molecule has 4 nitrogen and oxygen atoms in total. The van der Waals surface area contributed by atoms with Crippen LogP contribution >= 0.6 is 31.9 Å². The molecule has 1 atom stereocenters. The standard InChI is InChI=1S/C29H29Br2NO3/c1-17-12-20(28(3,4)5)13-18(2)26(17)25(33)15-29(35)23-14-22(31)10-11-24(23)32(27(29)34)16-19-6-8-21(30)9-7-19/h6-14,35H,15-16H2,1-5H3. The molecule has 1 amide bonds.